The Hall–Kier alpha value is -2.36. The van der Waals surface area contributed by atoms with E-state index in [4.69, 9.17) is 0 Å². The number of amides is 1. The molecule has 23 heavy (non-hydrogen) atoms. The Bertz CT molecular complexity index is 737. The van der Waals surface area contributed by atoms with Gasteiger partial charge in [-0.15, -0.1) is 0 Å². The highest BCUT2D eigenvalue weighted by Crippen LogP contribution is 2.23. The van der Waals surface area contributed by atoms with Crippen LogP contribution in [0, 0.1) is 0 Å². The molecule has 0 spiro atoms. The number of aromatic nitrogens is 1. The lowest BCUT2D eigenvalue weighted by Crippen LogP contribution is -2.36. The quantitative estimate of drug-likeness (QED) is 0.871. The standard InChI is InChI=1S/C19H22N2O2/c1-20-13-11-16(14-18(20)22)19(23)21-12-5-8-17(21)10-9-15-6-3-2-4-7-15/h2-4,6-7,11,13-14,17H,5,8-10,12H2,1H3. The molecular formula is C19H22N2O2. The van der Waals surface area contributed by atoms with E-state index < -0.39 is 0 Å². The second-order valence-electron chi connectivity index (χ2n) is 6.18. The molecule has 120 valence electrons. The third-order valence-electron chi connectivity index (χ3n) is 4.60. The highest BCUT2D eigenvalue weighted by molar-refractivity contribution is 5.94. The Morgan fingerprint density at radius 1 is 1.22 bits per heavy atom. The van der Waals surface area contributed by atoms with Gasteiger partial charge in [0.1, 0.15) is 0 Å². The first-order valence-electron chi connectivity index (χ1n) is 8.17. The lowest BCUT2D eigenvalue weighted by Gasteiger charge is -2.25. The molecule has 1 fully saturated rings. The first-order valence-corrected chi connectivity index (χ1v) is 8.17. The molecule has 4 heteroatoms. The zero-order chi connectivity index (χ0) is 16.2. The Morgan fingerprint density at radius 2 is 2.00 bits per heavy atom. The monoisotopic (exact) mass is 310 g/mol. The molecule has 1 aliphatic rings. The van der Waals surface area contributed by atoms with Crippen LogP contribution in [-0.4, -0.2) is 28.0 Å². The van der Waals surface area contributed by atoms with Gasteiger partial charge in [-0.25, -0.2) is 0 Å². The van der Waals surface area contributed by atoms with Gasteiger partial charge in [0.2, 0.25) is 0 Å². The van der Waals surface area contributed by atoms with Gasteiger partial charge in [0.25, 0.3) is 11.5 Å². The van der Waals surface area contributed by atoms with Gasteiger partial charge >= 0.3 is 0 Å². The molecule has 0 N–H and O–H groups in total. The number of hydrogen-bond acceptors (Lipinski definition) is 2. The van der Waals surface area contributed by atoms with E-state index in [1.165, 1.54) is 16.2 Å². The topological polar surface area (TPSA) is 42.3 Å². The lowest BCUT2D eigenvalue weighted by molar-refractivity contribution is 0.0730. The molecule has 1 aliphatic heterocycles. The third-order valence-corrected chi connectivity index (χ3v) is 4.60. The molecule has 1 aromatic heterocycles. The molecule has 0 bridgehead atoms. The van der Waals surface area contributed by atoms with Crippen LogP contribution in [0.5, 0.6) is 0 Å². The van der Waals surface area contributed by atoms with Crippen LogP contribution in [0.15, 0.2) is 53.5 Å². The van der Waals surface area contributed by atoms with Crippen molar-refractivity contribution in [2.24, 2.45) is 7.05 Å². The van der Waals surface area contributed by atoms with E-state index in [1.807, 2.05) is 23.1 Å². The van der Waals surface area contributed by atoms with Crippen molar-refractivity contribution < 1.29 is 4.79 Å². The molecule has 4 nitrogen and oxygen atoms in total. The molecule has 2 aromatic rings. The van der Waals surface area contributed by atoms with E-state index in [0.717, 1.165) is 32.2 Å². The summed E-state index contributed by atoms with van der Waals surface area (Å²) >= 11 is 0. The van der Waals surface area contributed by atoms with Crippen molar-refractivity contribution in [1.29, 1.82) is 0 Å². The smallest absolute Gasteiger partial charge is 0.254 e. The van der Waals surface area contributed by atoms with Crippen LogP contribution in [0.4, 0.5) is 0 Å². The summed E-state index contributed by atoms with van der Waals surface area (Å²) in [5, 5.41) is 0. The number of pyridine rings is 1. The Labute approximate surface area is 136 Å². The second-order valence-corrected chi connectivity index (χ2v) is 6.18. The van der Waals surface area contributed by atoms with Crippen molar-refractivity contribution >= 4 is 5.91 Å². The molecule has 1 saturated heterocycles. The summed E-state index contributed by atoms with van der Waals surface area (Å²) in [6.07, 6.45) is 5.69. The van der Waals surface area contributed by atoms with Gasteiger partial charge < -0.3 is 9.47 Å². The molecule has 1 aromatic carbocycles. The molecule has 1 unspecified atom stereocenters. The predicted molar refractivity (Wildman–Crippen MR) is 90.5 cm³/mol. The number of likely N-dealkylation sites (tertiary alicyclic amines) is 1. The summed E-state index contributed by atoms with van der Waals surface area (Å²) in [5.74, 6) is -0.0155. The van der Waals surface area contributed by atoms with Gasteiger partial charge in [-0.05, 0) is 37.3 Å². The van der Waals surface area contributed by atoms with Crippen LogP contribution >= 0.6 is 0 Å². The van der Waals surface area contributed by atoms with E-state index in [0.29, 0.717) is 5.56 Å². The fraction of sp³-hybridized carbons (Fsp3) is 0.368. The fourth-order valence-corrected chi connectivity index (χ4v) is 3.23. The lowest BCUT2D eigenvalue weighted by atomic mass is 10.0. The second kappa shape index (κ2) is 6.82. The van der Waals surface area contributed by atoms with Gasteiger partial charge in [-0.2, -0.15) is 0 Å². The summed E-state index contributed by atoms with van der Waals surface area (Å²) < 4.78 is 1.48. The maximum absolute atomic E-state index is 12.7. The van der Waals surface area contributed by atoms with Crippen molar-refractivity contribution in [2.75, 3.05) is 6.54 Å². The first-order chi connectivity index (χ1) is 11.1. The maximum Gasteiger partial charge on any atom is 0.254 e. The summed E-state index contributed by atoms with van der Waals surface area (Å²) in [6, 6.07) is 13.8. The molecule has 1 atom stereocenters. The van der Waals surface area contributed by atoms with E-state index in [-0.39, 0.29) is 17.5 Å². The SMILES string of the molecule is Cn1ccc(C(=O)N2CCCC2CCc2ccccc2)cc1=O. The van der Waals surface area contributed by atoms with Crippen LogP contribution in [0.1, 0.15) is 35.2 Å². The number of rotatable bonds is 4. The molecule has 3 rings (SSSR count). The van der Waals surface area contributed by atoms with Crippen LogP contribution in [-0.2, 0) is 13.5 Å². The van der Waals surface area contributed by atoms with Crippen molar-refractivity contribution in [3.05, 3.63) is 70.1 Å². The number of benzene rings is 1. The average molecular weight is 310 g/mol. The van der Waals surface area contributed by atoms with Gasteiger partial charge in [0, 0.05) is 37.5 Å². The number of hydrogen-bond donors (Lipinski definition) is 0. The number of aryl methyl sites for hydroxylation is 2. The van der Waals surface area contributed by atoms with Crippen molar-refractivity contribution in [1.82, 2.24) is 9.47 Å². The Morgan fingerprint density at radius 3 is 2.74 bits per heavy atom. The number of carbonyl (C=O) groups excluding carboxylic acids is 1. The van der Waals surface area contributed by atoms with Crippen LogP contribution in [0.3, 0.4) is 0 Å². The largest absolute Gasteiger partial charge is 0.336 e. The van der Waals surface area contributed by atoms with Crippen molar-refractivity contribution in [3.8, 4) is 0 Å². The van der Waals surface area contributed by atoms with Crippen molar-refractivity contribution in [3.63, 3.8) is 0 Å². The van der Waals surface area contributed by atoms with Gasteiger partial charge in [-0.1, -0.05) is 30.3 Å². The zero-order valence-electron chi connectivity index (χ0n) is 13.4. The van der Waals surface area contributed by atoms with E-state index in [9.17, 15) is 9.59 Å². The van der Waals surface area contributed by atoms with Gasteiger partial charge in [0.05, 0.1) is 0 Å². The molecular weight excluding hydrogens is 288 g/mol. The van der Waals surface area contributed by atoms with Gasteiger partial charge in [-0.3, -0.25) is 9.59 Å². The molecule has 0 aliphatic carbocycles. The van der Waals surface area contributed by atoms with Crippen LogP contribution < -0.4 is 5.56 Å². The number of carbonyl (C=O) groups is 1. The maximum atomic E-state index is 12.7. The third kappa shape index (κ3) is 3.52. The highest BCUT2D eigenvalue weighted by Gasteiger charge is 2.29. The Kier molecular flexibility index (Phi) is 4.60. The van der Waals surface area contributed by atoms with E-state index >= 15 is 0 Å². The summed E-state index contributed by atoms with van der Waals surface area (Å²) in [7, 11) is 1.69. The molecule has 2 heterocycles. The number of nitrogens with zero attached hydrogens (tertiary/aromatic N) is 2. The van der Waals surface area contributed by atoms with Crippen LogP contribution in [0.2, 0.25) is 0 Å². The van der Waals surface area contributed by atoms with Crippen molar-refractivity contribution in [2.45, 2.75) is 31.7 Å². The molecule has 1 amide bonds. The fourth-order valence-electron chi connectivity index (χ4n) is 3.23. The minimum atomic E-state index is -0.143. The summed E-state index contributed by atoms with van der Waals surface area (Å²) in [5.41, 5.74) is 1.66. The minimum absolute atomic E-state index is 0.0155. The first kappa shape index (κ1) is 15.5. The Balaban J connectivity index is 1.69. The highest BCUT2D eigenvalue weighted by atomic mass is 16.2. The molecule has 0 saturated carbocycles. The minimum Gasteiger partial charge on any atom is -0.336 e. The summed E-state index contributed by atoms with van der Waals surface area (Å²) in [4.78, 5) is 26.4. The molecule has 0 radical (unpaired) electrons. The van der Waals surface area contributed by atoms with Gasteiger partial charge in [0.15, 0.2) is 0 Å². The average Bonchev–Trinajstić information content (AvgIpc) is 3.04. The zero-order valence-corrected chi connectivity index (χ0v) is 13.4. The van der Waals surface area contributed by atoms with E-state index in [1.54, 1.807) is 19.3 Å². The normalized spacial score (nSPS) is 17.4. The van der Waals surface area contributed by atoms with E-state index in [2.05, 4.69) is 12.1 Å². The predicted octanol–water partition coefficient (Wildman–Crippen LogP) is 2.62. The summed E-state index contributed by atoms with van der Waals surface area (Å²) in [6.45, 7) is 0.785. The van der Waals surface area contributed by atoms with Crippen LogP contribution in [0.25, 0.3) is 0 Å².